The molecule has 0 heterocycles. The molecular weight excluding hydrogens is 848 g/mol. The van der Waals surface area contributed by atoms with Crippen molar-refractivity contribution in [2.75, 3.05) is 0 Å². The molecule has 0 aromatic heterocycles. The Morgan fingerprint density at radius 1 is 0.441 bits per heavy atom. The summed E-state index contributed by atoms with van der Waals surface area (Å²) < 4.78 is 9.16. The lowest BCUT2D eigenvalue weighted by atomic mass is 9.77. The van der Waals surface area contributed by atoms with E-state index >= 15 is 0 Å². The zero-order valence-corrected chi connectivity index (χ0v) is 40.5. The number of aryl methyl sites for hydroxylation is 2. The monoisotopic (exact) mass is 922 g/mol. The minimum absolute atomic E-state index is 0.722. The number of hydrogen-bond acceptors (Lipinski definition) is 1. The van der Waals surface area contributed by atoms with Gasteiger partial charge < -0.3 is 4.74 Å². The van der Waals surface area contributed by atoms with E-state index in [2.05, 4.69) is 132 Å². The molecular formula is C56H76Br2O. The van der Waals surface area contributed by atoms with Crippen molar-refractivity contribution in [1.82, 2.24) is 0 Å². The first kappa shape index (κ1) is 46.2. The van der Waals surface area contributed by atoms with E-state index in [0.717, 1.165) is 69.8 Å². The Balaban J connectivity index is 1.23. The van der Waals surface area contributed by atoms with Crippen LogP contribution in [0.15, 0.2) is 81.7 Å². The van der Waals surface area contributed by atoms with Gasteiger partial charge in [0.15, 0.2) is 0 Å². The molecule has 1 nitrogen and oxygen atoms in total. The molecule has 0 unspecified atom stereocenters. The Hall–Kier alpha value is -2.36. The fraction of sp³-hybridized carbons (Fsp3) is 0.571. The van der Waals surface area contributed by atoms with Gasteiger partial charge in [0.05, 0.1) is 8.95 Å². The van der Waals surface area contributed by atoms with Gasteiger partial charge in [0, 0.05) is 0 Å². The van der Waals surface area contributed by atoms with Crippen LogP contribution in [0.25, 0.3) is 0 Å². The molecule has 0 amide bonds. The van der Waals surface area contributed by atoms with E-state index < -0.39 is 0 Å². The second kappa shape index (κ2) is 24.3. The first-order valence-electron chi connectivity index (χ1n) is 24.4. The van der Waals surface area contributed by atoms with E-state index in [1.165, 1.54) is 173 Å². The number of unbranched alkanes of at least 4 members (excludes halogenated alkanes) is 8. The van der Waals surface area contributed by atoms with Crippen molar-refractivity contribution >= 4 is 31.9 Å². The maximum Gasteiger partial charge on any atom is 0.141 e. The predicted molar refractivity (Wildman–Crippen MR) is 262 cm³/mol. The van der Waals surface area contributed by atoms with Crippen LogP contribution in [0.5, 0.6) is 11.5 Å². The highest BCUT2D eigenvalue weighted by atomic mass is 79.9. The lowest BCUT2D eigenvalue weighted by molar-refractivity contribution is 0.319. The summed E-state index contributed by atoms with van der Waals surface area (Å²) in [6, 6.07) is 28.5. The van der Waals surface area contributed by atoms with Crippen LogP contribution in [0.2, 0.25) is 0 Å². The third-order valence-electron chi connectivity index (χ3n) is 14.4. The summed E-state index contributed by atoms with van der Waals surface area (Å²) in [5, 5.41) is 0. The van der Waals surface area contributed by atoms with E-state index in [0.29, 0.717) is 0 Å². The van der Waals surface area contributed by atoms with E-state index in [1.807, 2.05) is 0 Å². The zero-order valence-electron chi connectivity index (χ0n) is 37.4. The van der Waals surface area contributed by atoms with Crippen LogP contribution >= 0.6 is 31.9 Å². The number of hydrogen-bond donors (Lipinski definition) is 0. The normalized spacial score (nSPS) is 19.6. The lowest BCUT2D eigenvalue weighted by Gasteiger charge is -2.28. The molecule has 2 aliphatic rings. The second-order valence-corrected chi connectivity index (χ2v) is 20.1. The summed E-state index contributed by atoms with van der Waals surface area (Å²) in [4.78, 5) is 0. The summed E-state index contributed by atoms with van der Waals surface area (Å²) in [5.74, 6) is 5.11. The number of rotatable bonds is 22. The number of benzene rings is 4. The van der Waals surface area contributed by atoms with Crippen LogP contribution in [0.1, 0.15) is 212 Å². The van der Waals surface area contributed by atoms with Gasteiger partial charge in [0.2, 0.25) is 0 Å². The molecule has 0 bridgehead atoms. The highest BCUT2D eigenvalue weighted by Gasteiger charge is 2.23. The fourth-order valence-electron chi connectivity index (χ4n) is 10.3. The summed E-state index contributed by atoms with van der Waals surface area (Å²) in [7, 11) is 0. The summed E-state index contributed by atoms with van der Waals surface area (Å²) in [5.41, 5.74) is 11.5. The zero-order chi connectivity index (χ0) is 41.4. The molecule has 0 saturated heterocycles. The molecule has 6 rings (SSSR count). The SMILES string of the molecule is CCCCCCCc1ccc(Oc2ccc(CCCCCCC)c(Cc3ccc([C@H]4CC[C@H](CC)CC4)cc3)c2Br)c(Br)c1Cc1ccc([C@H]2CC[C@H](CC)CC2)cc1. The van der Waals surface area contributed by atoms with Gasteiger partial charge in [-0.2, -0.15) is 0 Å². The van der Waals surface area contributed by atoms with Crippen LogP contribution in [-0.2, 0) is 25.7 Å². The summed E-state index contributed by atoms with van der Waals surface area (Å²) >= 11 is 8.29. The van der Waals surface area contributed by atoms with Gasteiger partial charge in [-0.05, 0) is 202 Å². The molecule has 2 fully saturated rings. The van der Waals surface area contributed by atoms with Gasteiger partial charge in [0.1, 0.15) is 11.5 Å². The van der Waals surface area contributed by atoms with Crippen LogP contribution < -0.4 is 4.74 Å². The average Bonchev–Trinajstić information content (AvgIpc) is 3.27. The van der Waals surface area contributed by atoms with Crippen molar-refractivity contribution in [2.24, 2.45) is 11.8 Å². The Kier molecular flexibility index (Phi) is 19.0. The van der Waals surface area contributed by atoms with Crippen molar-refractivity contribution in [3.63, 3.8) is 0 Å². The standard InChI is InChI=1S/C56H76Br2O/c1-5-9-11-13-15-17-49-35-37-53(55(57)51(49)39-43-23-31-47(32-24-43)45-27-19-41(7-3)20-28-45)59-54-38-36-50(18-16-14-12-10-6-2)52(56(54)58)40-44-25-33-48(34-26-44)46-29-21-42(8-4)22-30-46/h23-26,31-38,41-42,45-46H,5-22,27-30,39-40H2,1-4H3/t41-,42-,45-,46-. The molecule has 3 heteroatoms. The summed E-state index contributed by atoms with van der Waals surface area (Å²) in [6.07, 6.45) is 30.5. The molecule has 320 valence electrons. The Bertz CT molecular complexity index is 1690. The highest BCUT2D eigenvalue weighted by Crippen LogP contribution is 2.42. The van der Waals surface area contributed by atoms with Gasteiger partial charge in [-0.25, -0.2) is 0 Å². The highest BCUT2D eigenvalue weighted by molar-refractivity contribution is 9.11. The Morgan fingerprint density at radius 2 is 0.814 bits per heavy atom. The summed E-state index contributed by atoms with van der Waals surface area (Å²) in [6.45, 7) is 9.32. The Labute approximate surface area is 377 Å². The van der Waals surface area contributed by atoms with Crippen LogP contribution in [-0.4, -0.2) is 0 Å². The quantitative estimate of drug-likeness (QED) is 0.0714. The first-order chi connectivity index (χ1) is 28.9. The molecule has 4 aromatic carbocycles. The molecule has 0 radical (unpaired) electrons. The Morgan fingerprint density at radius 3 is 1.17 bits per heavy atom. The first-order valence-corrected chi connectivity index (χ1v) is 25.9. The van der Waals surface area contributed by atoms with Gasteiger partial charge in [-0.3, -0.25) is 0 Å². The van der Waals surface area contributed by atoms with Crippen molar-refractivity contribution in [1.29, 1.82) is 0 Å². The molecule has 0 atom stereocenters. The maximum atomic E-state index is 6.96. The third kappa shape index (κ3) is 13.3. The van der Waals surface area contributed by atoms with E-state index in [4.69, 9.17) is 4.74 Å². The molecule has 2 saturated carbocycles. The molecule has 0 aliphatic heterocycles. The predicted octanol–water partition coefficient (Wildman–Crippen LogP) is 18.6. The van der Waals surface area contributed by atoms with Gasteiger partial charge >= 0.3 is 0 Å². The van der Waals surface area contributed by atoms with Crippen molar-refractivity contribution < 1.29 is 4.74 Å². The van der Waals surface area contributed by atoms with Crippen LogP contribution in [0.3, 0.4) is 0 Å². The minimum Gasteiger partial charge on any atom is -0.455 e. The second-order valence-electron chi connectivity index (χ2n) is 18.5. The maximum absolute atomic E-state index is 6.96. The van der Waals surface area contributed by atoms with Crippen molar-refractivity contribution in [3.8, 4) is 11.5 Å². The van der Waals surface area contributed by atoms with Crippen molar-refractivity contribution in [2.45, 2.75) is 194 Å². The fourth-order valence-corrected chi connectivity index (χ4v) is 11.5. The van der Waals surface area contributed by atoms with Crippen LogP contribution in [0, 0.1) is 11.8 Å². The van der Waals surface area contributed by atoms with Crippen LogP contribution in [0.4, 0.5) is 0 Å². The third-order valence-corrected chi connectivity index (χ3v) is 16.2. The minimum atomic E-state index is 0.722. The van der Waals surface area contributed by atoms with Gasteiger partial charge in [-0.1, -0.05) is 153 Å². The van der Waals surface area contributed by atoms with E-state index in [9.17, 15) is 0 Å². The average molecular weight is 925 g/mol. The van der Waals surface area contributed by atoms with E-state index in [-0.39, 0.29) is 0 Å². The van der Waals surface area contributed by atoms with Gasteiger partial charge in [-0.15, -0.1) is 0 Å². The lowest BCUT2D eigenvalue weighted by Crippen LogP contribution is -2.12. The molecule has 0 N–H and O–H groups in total. The molecule has 4 aromatic rings. The van der Waals surface area contributed by atoms with Crippen molar-refractivity contribution in [3.05, 3.63) is 126 Å². The van der Waals surface area contributed by atoms with Gasteiger partial charge in [0.25, 0.3) is 0 Å². The molecule has 2 aliphatic carbocycles. The number of halogens is 2. The molecule has 59 heavy (non-hydrogen) atoms. The molecule has 0 spiro atoms. The van der Waals surface area contributed by atoms with E-state index in [1.54, 1.807) is 0 Å². The smallest absolute Gasteiger partial charge is 0.141 e. The largest absolute Gasteiger partial charge is 0.455 e. The number of ether oxygens (including phenoxy) is 1. The topological polar surface area (TPSA) is 9.23 Å².